The minimum atomic E-state index is -1.79. The summed E-state index contributed by atoms with van der Waals surface area (Å²) in [6, 6.07) is 6.04. The van der Waals surface area contributed by atoms with Crippen molar-refractivity contribution in [2.45, 2.75) is 61.4 Å². The van der Waals surface area contributed by atoms with Gasteiger partial charge in [0.2, 0.25) is 6.29 Å². The molecule has 3 heterocycles. The highest BCUT2D eigenvalue weighted by molar-refractivity contribution is 5.69. The molecule has 3 aliphatic rings. The smallest absolute Gasteiger partial charge is 0.229 e. The molecule has 1 unspecified atom stereocenters. The summed E-state index contributed by atoms with van der Waals surface area (Å²) in [6.45, 7) is -1.17. The lowest BCUT2D eigenvalue weighted by molar-refractivity contribution is -0.352. The average molecular weight is 583 g/mol. The summed E-state index contributed by atoms with van der Waals surface area (Å²) in [5.41, 5.74) is 0.309. The Balaban J connectivity index is 1.51. The van der Waals surface area contributed by atoms with E-state index in [2.05, 4.69) is 0 Å². The molecule has 2 fully saturated rings. The van der Waals surface area contributed by atoms with Crippen LogP contribution in [0.15, 0.2) is 36.1 Å². The predicted molar refractivity (Wildman–Crippen MR) is 132 cm³/mol. The van der Waals surface area contributed by atoms with E-state index in [4.69, 9.17) is 23.7 Å². The number of rotatable bonds is 6. The molecule has 3 aliphatic heterocycles. The zero-order valence-electron chi connectivity index (χ0n) is 21.2. The molecule has 2 aromatic rings. The van der Waals surface area contributed by atoms with Gasteiger partial charge in [-0.1, -0.05) is 6.07 Å². The number of phenols is 4. The second kappa shape index (κ2) is 11.5. The van der Waals surface area contributed by atoms with Crippen LogP contribution in [0.1, 0.15) is 17.2 Å². The first kappa shape index (κ1) is 29.1. The lowest BCUT2D eigenvalue weighted by Gasteiger charge is -2.45. The fraction of sp³-hybridized carbons (Fsp3) is 0.462. The van der Waals surface area contributed by atoms with E-state index >= 15 is 0 Å². The molecule has 0 aromatic heterocycles. The van der Waals surface area contributed by atoms with Gasteiger partial charge in [-0.05, 0) is 18.2 Å². The van der Waals surface area contributed by atoms with Crippen LogP contribution in [-0.2, 0) is 18.9 Å². The summed E-state index contributed by atoms with van der Waals surface area (Å²) >= 11 is 0. The standard InChI is InChI=1S/C26H30O15/c27-7-18-20(34)21(35)24(41-25-22(36)19(33)15(32)8-37-25)26(40-18)39-17-6-11-13(30)4-10(28)5-16(11)38-23(17)9-1-2-12(29)14(31)3-9/h1-6,15,18-36H,7-8H2/t15-,18+,19+,20-,21-,22-,23?,24+,25+,26+/m0/s1. The molecule has 0 bridgehead atoms. The molecule has 2 saturated heterocycles. The third-order valence-corrected chi connectivity index (χ3v) is 7.02. The molecule has 0 aliphatic carbocycles. The van der Waals surface area contributed by atoms with Crippen molar-refractivity contribution in [2.75, 3.05) is 13.2 Å². The Morgan fingerprint density at radius 1 is 0.805 bits per heavy atom. The highest BCUT2D eigenvalue weighted by atomic mass is 16.8. The van der Waals surface area contributed by atoms with Crippen molar-refractivity contribution in [1.82, 2.24) is 0 Å². The number of aromatic hydroxyl groups is 4. The van der Waals surface area contributed by atoms with Gasteiger partial charge in [0.25, 0.3) is 0 Å². The van der Waals surface area contributed by atoms with Gasteiger partial charge in [0, 0.05) is 17.7 Å². The van der Waals surface area contributed by atoms with Gasteiger partial charge in [-0.25, -0.2) is 0 Å². The fourth-order valence-electron chi connectivity index (χ4n) is 4.76. The van der Waals surface area contributed by atoms with Crippen LogP contribution >= 0.6 is 0 Å². The Kier molecular flexibility index (Phi) is 8.15. The molecule has 15 heteroatoms. The highest BCUT2D eigenvalue weighted by Gasteiger charge is 2.50. The molecule has 0 saturated carbocycles. The summed E-state index contributed by atoms with van der Waals surface area (Å²) in [5.74, 6) is -1.69. The minimum Gasteiger partial charge on any atom is -0.508 e. The van der Waals surface area contributed by atoms with Gasteiger partial charge in [-0.2, -0.15) is 0 Å². The topological polar surface area (TPSA) is 248 Å². The number of benzene rings is 2. The van der Waals surface area contributed by atoms with Crippen molar-refractivity contribution in [1.29, 1.82) is 0 Å². The van der Waals surface area contributed by atoms with E-state index in [0.29, 0.717) is 0 Å². The van der Waals surface area contributed by atoms with Crippen LogP contribution in [0.5, 0.6) is 28.7 Å². The van der Waals surface area contributed by atoms with Crippen LogP contribution in [0.2, 0.25) is 0 Å². The summed E-state index contributed by atoms with van der Waals surface area (Å²) in [6.07, 6.45) is -14.4. The van der Waals surface area contributed by atoms with Crippen LogP contribution in [0.3, 0.4) is 0 Å². The van der Waals surface area contributed by atoms with Crippen molar-refractivity contribution in [3.8, 4) is 28.7 Å². The van der Waals surface area contributed by atoms with Gasteiger partial charge < -0.3 is 74.7 Å². The van der Waals surface area contributed by atoms with Crippen LogP contribution in [0.25, 0.3) is 6.08 Å². The maximum atomic E-state index is 10.9. The number of ether oxygens (including phenoxy) is 5. The van der Waals surface area contributed by atoms with E-state index in [1.54, 1.807) is 0 Å². The quantitative estimate of drug-likeness (QED) is 0.170. The average Bonchev–Trinajstić information content (AvgIpc) is 2.94. The Morgan fingerprint density at radius 2 is 1.56 bits per heavy atom. The van der Waals surface area contributed by atoms with E-state index in [9.17, 15) is 51.1 Å². The molecule has 0 spiro atoms. The monoisotopic (exact) mass is 582 g/mol. The maximum absolute atomic E-state index is 10.9. The van der Waals surface area contributed by atoms with Gasteiger partial charge in [-0.15, -0.1) is 0 Å². The molecule has 2 aromatic carbocycles. The molecular weight excluding hydrogens is 552 g/mol. The van der Waals surface area contributed by atoms with Crippen LogP contribution in [0.4, 0.5) is 0 Å². The lowest BCUT2D eigenvalue weighted by Crippen LogP contribution is -2.63. The number of hydrogen-bond donors (Lipinski definition) is 10. The van der Waals surface area contributed by atoms with Crippen LogP contribution in [0, 0.1) is 0 Å². The molecule has 5 rings (SSSR count). The Hall–Kier alpha value is -3.38. The summed E-state index contributed by atoms with van der Waals surface area (Å²) < 4.78 is 28.6. The SMILES string of the molecule is OC[C@H]1O[C@@H](OC2=Cc3c(O)cc(O)cc3OC2c2ccc(O)c(O)c2)[C@H](O[C@H]2OC[C@H](O)[C@@H](O)[C@@H]2O)[C@@H](O)[C@H]1O. The largest absolute Gasteiger partial charge is 0.508 e. The first-order valence-electron chi connectivity index (χ1n) is 12.5. The number of aliphatic hydroxyl groups excluding tert-OH is 6. The number of hydrogen-bond acceptors (Lipinski definition) is 15. The molecule has 10 atom stereocenters. The number of aliphatic hydroxyl groups is 6. The van der Waals surface area contributed by atoms with Crippen molar-refractivity contribution in [3.63, 3.8) is 0 Å². The van der Waals surface area contributed by atoms with Crippen LogP contribution in [-0.4, -0.2) is 120 Å². The van der Waals surface area contributed by atoms with E-state index < -0.39 is 86.1 Å². The van der Waals surface area contributed by atoms with Crippen molar-refractivity contribution in [3.05, 3.63) is 47.2 Å². The maximum Gasteiger partial charge on any atom is 0.229 e. The molecule has 10 N–H and O–H groups in total. The second-order valence-electron chi connectivity index (χ2n) is 9.84. The summed E-state index contributed by atoms with van der Waals surface area (Å²) in [7, 11) is 0. The zero-order valence-corrected chi connectivity index (χ0v) is 21.2. The molecule has 224 valence electrons. The summed E-state index contributed by atoms with van der Waals surface area (Å²) in [4.78, 5) is 0. The molecule has 41 heavy (non-hydrogen) atoms. The van der Waals surface area contributed by atoms with Gasteiger partial charge in [0.15, 0.2) is 30.0 Å². The Morgan fingerprint density at radius 3 is 2.27 bits per heavy atom. The number of phenolic OH excluding ortho intramolecular Hbond substituents is 4. The highest BCUT2D eigenvalue weighted by Crippen LogP contribution is 2.45. The van der Waals surface area contributed by atoms with Gasteiger partial charge in [-0.3, -0.25) is 0 Å². The molecule has 0 amide bonds. The summed E-state index contributed by atoms with van der Waals surface area (Å²) in [5, 5.41) is 101. The first-order valence-corrected chi connectivity index (χ1v) is 12.5. The molecule has 0 radical (unpaired) electrons. The molecular formula is C26H30O15. The minimum absolute atomic E-state index is 0.0275. The van der Waals surface area contributed by atoms with Crippen LogP contribution < -0.4 is 4.74 Å². The Bertz CT molecular complexity index is 1280. The lowest BCUT2D eigenvalue weighted by atomic mass is 9.98. The van der Waals surface area contributed by atoms with Gasteiger partial charge in [0.05, 0.1) is 18.8 Å². The number of fused-ring (bicyclic) bond motifs is 1. The van der Waals surface area contributed by atoms with E-state index in [0.717, 1.165) is 6.07 Å². The third-order valence-electron chi connectivity index (χ3n) is 7.02. The van der Waals surface area contributed by atoms with Gasteiger partial charge in [0.1, 0.15) is 59.6 Å². The molecule has 15 nitrogen and oxygen atoms in total. The van der Waals surface area contributed by atoms with Gasteiger partial charge >= 0.3 is 0 Å². The Labute approximate surface area is 231 Å². The zero-order chi connectivity index (χ0) is 29.6. The van der Waals surface area contributed by atoms with E-state index in [1.165, 1.54) is 30.3 Å². The van der Waals surface area contributed by atoms with E-state index in [1.807, 2.05) is 0 Å². The van der Waals surface area contributed by atoms with Crippen molar-refractivity contribution < 1.29 is 74.7 Å². The fourth-order valence-corrected chi connectivity index (χ4v) is 4.76. The van der Waals surface area contributed by atoms with Crippen molar-refractivity contribution in [2.24, 2.45) is 0 Å². The normalized spacial score (nSPS) is 35.2. The second-order valence-corrected chi connectivity index (χ2v) is 9.84. The van der Waals surface area contributed by atoms with E-state index in [-0.39, 0.29) is 34.1 Å². The first-order chi connectivity index (χ1) is 19.5. The van der Waals surface area contributed by atoms with Crippen molar-refractivity contribution >= 4 is 6.08 Å². The predicted octanol–water partition coefficient (Wildman–Crippen LogP) is -1.74. The third kappa shape index (κ3) is 5.59.